The quantitative estimate of drug-likeness (QED) is 0.883. The monoisotopic (exact) mass is 355 g/mol. The van der Waals surface area contributed by atoms with Crippen LogP contribution in [0.3, 0.4) is 0 Å². The molecule has 1 saturated heterocycles. The van der Waals surface area contributed by atoms with Gasteiger partial charge in [-0.2, -0.15) is 5.10 Å². The van der Waals surface area contributed by atoms with Gasteiger partial charge in [-0.25, -0.2) is 9.78 Å². The van der Waals surface area contributed by atoms with Gasteiger partial charge in [-0.05, 0) is 56.7 Å². The summed E-state index contributed by atoms with van der Waals surface area (Å²) < 4.78 is 7.75. The van der Waals surface area contributed by atoms with Crippen molar-refractivity contribution in [2.24, 2.45) is 0 Å². The van der Waals surface area contributed by atoms with Crippen LogP contribution in [0.4, 0.5) is 10.6 Å². The van der Waals surface area contributed by atoms with Crippen LogP contribution in [0.2, 0.25) is 0 Å². The molecule has 7 nitrogen and oxygen atoms in total. The molecule has 3 heterocycles. The van der Waals surface area contributed by atoms with Gasteiger partial charge in [0.05, 0.1) is 12.2 Å². The van der Waals surface area contributed by atoms with Gasteiger partial charge >= 0.3 is 6.03 Å². The van der Waals surface area contributed by atoms with E-state index in [9.17, 15) is 4.79 Å². The summed E-state index contributed by atoms with van der Waals surface area (Å²) in [6.45, 7) is 4.79. The van der Waals surface area contributed by atoms with Crippen LogP contribution in [0.25, 0.3) is 0 Å². The summed E-state index contributed by atoms with van der Waals surface area (Å²) in [6.07, 6.45) is 9.62. The Balaban J connectivity index is 1.40. The second-order valence-corrected chi connectivity index (χ2v) is 7.32. The fraction of sp³-hybridized carbons (Fsp3) is 0.526. The van der Waals surface area contributed by atoms with Gasteiger partial charge < -0.3 is 10.1 Å². The van der Waals surface area contributed by atoms with E-state index >= 15 is 0 Å². The first-order valence-corrected chi connectivity index (χ1v) is 9.31. The molecule has 0 bridgehead atoms. The van der Waals surface area contributed by atoms with Crippen LogP contribution in [-0.2, 0) is 17.6 Å². The minimum Gasteiger partial charge on any atom is -0.371 e. The molecule has 138 valence electrons. The standard InChI is InChI=1S/C19H25N5O2/c1-12(2)24-11-15(10-21-24)18-16(6-7-26-18)22-19(25)23-17-8-13-4-3-5-14(13)9-20-17/h8-12,16,18H,3-7H2,1-2H3,(H2,20,22,23,25)/t16-,18+/m1/s1. The zero-order valence-electron chi connectivity index (χ0n) is 15.2. The molecule has 2 amide bonds. The molecule has 4 rings (SSSR count). The molecule has 1 fully saturated rings. The molecule has 0 spiro atoms. The number of rotatable bonds is 4. The van der Waals surface area contributed by atoms with Crippen LogP contribution in [0.5, 0.6) is 0 Å². The molecule has 0 unspecified atom stereocenters. The van der Waals surface area contributed by atoms with E-state index in [-0.39, 0.29) is 18.2 Å². The molecule has 2 N–H and O–H groups in total. The fourth-order valence-electron chi connectivity index (χ4n) is 3.69. The predicted molar refractivity (Wildman–Crippen MR) is 98.1 cm³/mol. The highest BCUT2D eigenvalue weighted by molar-refractivity contribution is 5.88. The molecular formula is C19H25N5O2. The Labute approximate surface area is 153 Å². The van der Waals surface area contributed by atoms with Crippen molar-refractivity contribution in [1.29, 1.82) is 0 Å². The third kappa shape index (κ3) is 3.44. The topological polar surface area (TPSA) is 81.1 Å². The summed E-state index contributed by atoms with van der Waals surface area (Å²) in [5, 5.41) is 10.3. The lowest BCUT2D eigenvalue weighted by molar-refractivity contribution is 0.100. The highest BCUT2D eigenvalue weighted by Gasteiger charge is 2.32. The first kappa shape index (κ1) is 17.0. The van der Waals surface area contributed by atoms with Gasteiger partial charge in [0.15, 0.2) is 0 Å². The smallest absolute Gasteiger partial charge is 0.320 e. The van der Waals surface area contributed by atoms with Crippen LogP contribution in [0.1, 0.15) is 55.5 Å². The molecule has 0 saturated carbocycles. The third-order valence-electron chi connectivity index (χ3n) is 5.10. The molecule has 7 heteroatoms. The maximum atomic E-state index is 12.4. The first-order chi connectivity index (χ1) is 12.6. The maximum absolute atomic E-state index is 12.4. The van der Waals surface area contributed by atoms with E-state index < -0.39 is 0 Å². The minimum absolute atomic E-state index is 0.0748. The number of nitrogens with zero attached hydrogens (tertiary/aromatic N) is 3. The number of carbonyl (C=O) groups is 1. The van der Waals surface area contributed by atoms with Gasteiger partial charge in [0, 0.05) is 30.6 Å². The van der Waals surface area contributed by atoms with Gasteiger partial charge in [0.25, 0.3) is 0 Å². The Bertz CT molecular complexity index is 801. The lowest BCUT2D eigenvalue weighted by Gasteiger charge is -2.19. The van der Waals surface area contributed by atoms with Crippen molar-refractivity contribution in [2.45, 2.75) is 57.7 Å². The number of aromatic nitrogens is 3. The average molecular weight is 355 g/mol. The van der Waals surface area contributed by atoms with Crippen LogP contribution in [-0.4, -0.2) is 33.4 Å². The van der Waals surface area contributed by atoms with Crippen LogP contribution < -0.4 is 10.6 Å². The van der Waals surface area contributed by atoms with E-state index in [1.165, 1.54) is 11.1 Å². The molecule has 0 aromatic carbocycles. The molecule has 0 radical (unpaired) electrons. The Kier molecular flexibility index (Phi) is 4.63. The summed E-state index contributed by atoms with van der Waals surface area (Å²) in [5.74, 6) is 0.603. The number of ether oxygens (including phenoxy) is 1. The van der Waals surface area contributed by atoms with E-state index in [1.54, 1.807) is 0 Å². The van der Waals surface area contributed by atoms with Crippen molar-refractivity contribution in [1.82, 2.24) is 20.1 Å². The number of urea groups is 1. The third-order valence-corrected chi connectivity index (χ3v) is 5.10. The normalized spacial score (nSPS) is 21.8. The number of amides is 2. The SMILES string of the molecule is CC(C)n1cc([C@@H]2OCC[C@H]2NC(=O)Nc2cc3c(cn2)CCC3)cn1. The van der Waals surface area contributed by atoms with Crippen molar-refractivity contribution in [3.63, 3.8) is 0 Å². The molecule has 1 aliphatic heterocycles. The number of anilines is 1. The van der Waals surface area contributed by atoms with Crippen LogP contribution in [0.15, 0.2) is 24.7 Å². The van der Waals surface area contributed by atoms with Gasteiger partial charge in [0.1, 0.15) is 11.9 Å². The van der Waals surface area contributed by atoms with Gasteiger partial charge in [-0.1, -0.05) is 0 Å². The first-order valence-electron chi connectivity index (χ1n) is 9.31. The molecule has 2 atom stereocenters. The Hall–Kier alpha value is -2.41. The number of carbonyl (C=O) groups excluding carboxylic acids is 1. The van der Waals surface area contributed by atoms with Crippen molar-refractivity contribution in [3.05, 3.63) is 41.3 Å². The van der Waals surface area contributed by atoms with E-state index in [1.807, 2.05) is 29.3 Å². The zero-order valence-corrected chi connectivity index (χ0v) is 15.2. The van der Waals surface area contributed by atoms with Crippen molar-refractivity contribution in [3.8, 4) is 0 Å². The number of pyridine rings is 1. The number of nitrogens with one attached hydrogen (secondary N) is 2. The summed E-state index contributed by atoms with van der Waals surface area (Å²) >= 11 is 0. The van der Waals surface area contributed by atoms with Gasteiger partial charge in [-0.3, -0.25) is 10.00 Å². The largest absolute Gasteiger partial charge is 0.371 e. The number of fused-ring (bicyclic) bond motifs is 1. The Morgan fingerprint density at radius 2 is 2.15 bits per heavy atom. The van der Waals surface area contributed by atoms with Crippen molar-refractivity contribution < 1.29 is 9.53 Å². The van der Waals surface area contributed by atoms with Crippen molar-refractivity contribution in [2.75, 3.05) is 11.9 Å². The number of aryl methyl sites for hydroxylation is 2. The second kappa shape index (κ2) is 7.07. The van der Waals surface area contributed by atoms with Crippen molar-refractivity contribution >= 4 is 11.8 Å². The molecule has 2 aliphatic rings. The Morgan fingerprint density at radius 1 is 1.31 bits per heavy atom. The highest BCUT2D eigenvalue weighted by atomic mass is 16.5. The molecule has 26 heavy (non-hydrogen) atoms. The summed E-state index contributed by atoms with van der Waals surface area (Å²) in [6, 6.07) is 1.96. The van der Waals surface area contributed by atoms with E-state index in [2.05, 4.69) is 34.6 Å². The fourth-order valence-corrected chi connectivity index (χ4v) is 3.69. The maximum Gasteiger partial charge on any atom is 0.320 e. The minimum atomic E-state index is -0.243. The molecule has 1 aliphatic carbocycles. The molecule has 2 aromatic rings. The average Bonchev–Trinajstić information content (AvgIpc) is 3.34. The van der Waals surface area contributed by atoms with Crippen LogP contribution >= 0.6 is 0 Å². The lowest BCUT2D eigenvalue weighted by atomic mass is 10.1. The number of hydrogen-bond donors (Lipinski definition) is 2. The highest BCUT2D eigenvalue weighted by Crippen LogP contribution is 2.29. The summed E-state index contributed by atoms with van der Waals surface area (Å²) in [4.78, 5) is 16.8. The lowest BCUT2D eigenvalue weighted by Crippen LogP contribution is -2.39. The zero-order chi connectivity index (χ0) is 18.1. The number of hydrogen-bond acceptors (Lipinski definition) is 4. The van der Waals surface area contributed by atoms with E-state index in [4.69, 9.17) is 4.74 Å². The molecule has 2 aromatic heterocycles. The second-order valence-electron chi connectivity index (χ2n) is 7.32. The molecular weight excluding hydrogens is 330 g/mol. The Morgan fingerprint density at radius 3 is 2.96 bits per heavy atom. The van der Waals surface area contributed by atoms with Gasteiger partial charge in [0.2, 0.25) is 0 Å². The van der Waals surface area contributed by atoms with Gasteiger partial charge in [-0.15, -0.1) is 0 Å². The predicted octanol–water partition coefficient (Wildman–Crippen LogP) is 3.00. The van der Waals surface area contributed by atoms with E-state index in [0.29, 0.717) is 18.5 Å². The van der Waals surface area contributed by atoms with E-state index in [0.717, 1.165) is 31.2 Å². The summed E-state index contributed by atoms with van der Waals surface area (Å²) in [7, 11) is 0. The van der Waals surface area contributed by atoms with Crippen LogP contribution in [0, 0.1) is 0 Å². The summed E-state index contributed by atoms with van der Waals surface area (Å²) in [5.41, 5.74) is 3.58.